The summed E-state index contributed by atoms with van der Waals surface area (Å²) in [5, 5.41) is 19.4. The Morgan fingerprint density at radius 1 is 1.33 bits per heavy atom. The van der Waals surface area contributed by atoms with Gasteiger partial charge in [0.2, 0.25) is 0 Å². The number of aromatic nitrogens is 2. The van der Waals surface area contributed by atoms with E-state index in [4.69, 9.17) is 21.4 Å². The molecule has 6 heteroatoms. The maximum absolute atomic E-state index is 8.46. The predicted molar refractivity (Wildman–Crippen MR) is 58.1 cm³/mol. The summed E-state index contributed by atoms with van der Waals surface area (Å²) in [5.41, 5.74) is 0. The number of halogens is 1. The molecule has 0 unspecified atom stereocenters. The number of hydrogen-bond acceptors (Lipinski definition) is 5. The summed E-state index contributed by atoms with van der Waals surface area (Å²) in [5.74, 6) is 0.696. The number of rotatable bonds is 7. The number of hydrogen-bond donors (Lipinski definition) is 2. The van der Waals surface area contributed by atoms with Gasteiger partial charge >= 0.3 is 0 Å². The maximum atomic E-state index is 8.46. The zero-order chi connectivity index (χ0) is 10.9. The van der Waals surface area contributed by atoms with Gasteiger partial charge in [0.15, 0.2) is 5.15 Å². The molecule has 0 atom stereocenters. The van der Waals surface area contributed by atoms with E-state index in [1.807, 2.05) is 0 Å². The fraction of sp³-hybridized carbons (Fsp3) is 0.556. The van der Waals surface area contributed by atoms with Crippen LogP contribution in [0.5, 0.6) is 0 Å². The summed E-state index contributed by atoms with van der Waals surface area (Å²) >= 11 is 5.59. The minimum atomic E-state index is 0.0656. The first-order valence-corrected chi connectivity index (χ1v) is 5.12. The molecule has 0 aliphatic heterocycles. The van der Waals surface area contributed by atoms with Gasteiger partial charge in [-0.05, 0) is 18.6 Å². The molecule has 15 heavy (non-hydrogen) atoms. The number of anilines is 1. The van der Waals surface area contributed by atoms with Crippen LogP contribution >= 0.6 is 11.6 Å². The van der Waals surface area contributed by atoms with E-state index in [0.717, 1.165) is 13.0 Å². The largest absolute Gasteiger partial charge is 0.394 e. The van der Waals surface area contributed by atoms with Gasteiger partial charge in [-0.15, -0.1) is 10.2 Å². The minimum Gasteiger partial charge on any atom is -0.394 e. The second kappa shape index (κ2) is 7.39. The van der Waals surface area contributed by atoms with Crippen molar-refractivity contribution in [2.45, 2.75) is 6.42 Å². The van der Waals surface area contributed by atoms with Crippen LogP contribution in [0.25, 0.3) is 0 Å². The first-order chi connectivity index (χ1) is 7.33. The van der Waals surface area contributed by atoms with Gasteiger partial charge in [0, 0.05) is 13.2 Å². The monoisotopic (exact) mass is 231 g/mol. The Bertz CT molecular complexity index is 269. The Balaban J connectivity index is 2.07. The van der Waals surface area contributed by atoms with Crippen molar-refractivity contribution in [2.24, 2.45) is 0 Å². The van der Waals surface area contributed by atoms with Crippen LogP contribution in [-0.2, 0) is 4.74 Å². The molecule has 0 spiro atoms. The summed E-state index contributed by atoms with van der Waals surface area (Å²) in [6, 6.07) is 3.45. The highest BCUT2D eigenvalue weighted by Crippen LogP contribution is 2.05. The lowest BCUT2D eigenvalue weighted by molar-refractivity contribution is 0.0922. The molecule has 0 aromatic carbocycles. The zero-order valence-corrected chi connectivity index (χ0v) is 9.07. The fourth-order valence-corrected chi connectivity index (χ4v) is 1.07. The third kappa shape index (κ3) is 5.51. The maximum Gasteiger partial charge on any atom is 0.151 e. The molecule has 1 heterocycles. The molecule has 2 N–H and O–H groups in total. The van der Waals surface area contributed by atoms with E-state index >= 15 is 0 Å². The van der Waals surface area contributed by atoms with E-state index in [1.54, 1.807) is 12.1 Å². The number of aliphatic hydroxyl groups excluding tert-OH is 1. The summed E-state index contributed by atoms with van der Waals surface area (Å²) in [6.45, 7) is 1.83. The molecule has 1 aromatic rings. The number of ether oxygens (including phenoxy) is 1. The summed E-state index contributed by atoms with van der Waals surface area (Å²) in [7, 11) is 0. The van der Waals surface area contributed by atoms with Crippen LogP contribution in [-0.4, -0.2) is 41.7 Å². The van der Waals surface area contributed by atoms with Crippen LogP contribution in [0.1, 0.15) is 6.42 Å². The molecule has 0 saturated carbocycles. The SMILES string of the molecule is OCCOCCCNc1ccc(Cl)nn1. The van der Waals surface area contributed by atoms with Gasteiger partial charge in [-0.25, -0.2) is 0 Å². The minimum absolute atomic E-state index is 0.0656. The van der Waals surface area contributed by atoms with Crippen LogP contribution in [0.2, 0.25) is 5.15 Å². The van der Waals surface area contributed by atoms with Crippen molar-refractivity contribution in [2.75, 3.05) is 31.7 Å². The van der Waals surface area contributed by atoms with Gasteiger partial charge in [0.25, 0.3) is 0 Å². The van der Waals surface area contributed by atoms with Gasteiger partial charge in [0.05, 0.1) is 13.2 Å². The van der Waals surface area contributed by atoms with E-state index < -0.39 is 0 Å². The van der Waals surface area contributed by atoms with Crippen molar-refractivity contribution >= 4 is 17.4 Å². The average Bonchev–Trinajstić information content (AvgIpc) is 2.26. The van der Waals surface area contributed by atoms with E-state index in [0.29, 0.717) is 24.2 Å². The van der Waals surface area contributed by atoms with Crippen molar-refractivity contribution in [3.63, 3.8) is 0 Å². The molecular weight excluding hydrogens is 218 g/mol. The molecule has 0 fully saturated rings. The summed E-state index contributed by atoms with van der Waals surface area (Å²) in [4.78, 5) is 0. The molecule has 5 nitrogen and oxygen atoms in total. The van der Waals surface area contributed by atoms with Gasteiger partial charge < -0.3 is 15.2 Å². The zero-order valence-electron chi connectivity index (χ0n) is 8.32. The Hall–Kier alpha value is -0.910. The van der Waals surface area contributed by atoms with Crippen molar-refractivity contribution in [3.05, 3.63) is 17.3 Å². The molecule has 1 aromatic heterocycles. The molecule has 0 aliphatic carbocycles. The van der Waals surface area contributed by atoms with Gasteiger partial charge in [0.1, 0.15) is 5.82 Å². The molecule has 0 radical (unpaired) electrons. The molecule has 0 aliphatic rings. The van der Waals surface area contributed by atoms with Gasteiger partial charge in [-0.2, -0.15) is 0 Å². The Morgan fingerprint density at radius 3 is 2.87 bits per heavy atom. The lowest BCUT2D eigenvalue weighted by Crippen LogP contribution is -2.08. The summed E-state index contributed by atoms with van der Waals surface area (Å²) in [6.07, 6.45) is 0.851. The van der Waals surface area contributed by atoms with Crippen molar-refractivity contribution in [3.8, 4) is 0 Å². The van der Waals surface area contributed by atoms with Crippen LogP contribution in [0.3, 0.4) is 0 Å². The topological polar surface area (TPSA) is 67.3 Å². The highest BCUT2D eigenvalue weighted by molar-refractivity contribution is 6.29. The standard InChI is InChI=1S/C9H14ClN3O2/c10-8-2-3-9(13-12-8)11-4-1-6-15-7-5-14/h2-3,14H,1,4-7H2,(H,11,13). The highest BCUT2D eigenvalue weighted by atomic mass is 35.5. The smallest absolute Gasteiger partial charge is 0.151 e. The van der Waals surface area contributed by atoms with Crippen LogP contribution in [0.4, 0.5) is 5.82 Å². The first-order valence-electron chi connectivity index (χ1n) is 4.74. The van der Waals surface area contributed by atoms with Crippen molar-refractivity contribution in [1.29, 1.82) is 0 Å². The van der Waals surface area contributed by atoms with Crippen molar-refractivity contribution in [1.82, 2.24) is 10.2 Å². The van der Waals surface area contributed by atoms with Crippen molar-refractivity contribution < 1.29 is 9.84 Å². The second-order valence-corrected chi connectivity index (χ2v) is 3.24. The van der Waals surface area contributed by atoms with Gasteiger partial charge in [-0.1, -0.05) is 11.6 Å². The second-order valence-electron chi connectivity index (χ2n) is 2.86. The normalized spacial score (nSPS) is 10.3. The first kappa shape index (κ1) is 12.2. The Kier molecular flexibility index (Phi) is 5.99. The average molecular weight is 232 g/mol. The fourth-order valence-electron chi connectivity index (χ4n) is 0.968. The van der Waals surface area contributed by atoms with E-state index in [-0.39, 0.29) is 6.61 Å². The Morgan fingerprint density at radius 2 is 2.20 bits per heavy atom. The summed E-state index contributed by atoms with van der Waals surface area (Å²) < 4.78 is 5.09. The third-order valence-corrected chi connectivity index (χ3v) is 1.84. The molecule has 0 amide bonds. The van der Waals surface area contributed by atoms with Gasteiger partial charge in [-0.3, -0.25) is 0 Å². The third-order valence-electron chi connectivity index (χ3n) is 1.64. The van der Waals surface area contributed by atoms with E-state index in [1.165, 1.54) is 0 Å². The number of nitrogens with zero attached hydrogens (tertiary/aromatic N) is 2. The highest BCUT2D eigenvalue weighted by Gasteiger charge is 1.94. The number of nitrogens with one attached hydrogen (secondary N) is 1. The van der Waals surface area contributed by atoms with Crippen LogP contribution in [0.15, 0.2) is 12.1 Å². The quantitative estimate of drug-likeness (QED) is 0.684. The lowest BCUT2D eigenvalue weighted by atomic mass is 10.4. The Labute approximate surface area is 93.4 Å². The lowest BCUT2D eigenvalue weighted by Gasteiger charge is -2.04. The van der Waals surface area contributed by atoms with E-state index in [2.05, 4.69) is 15.5 Å². The molecule has 84 valence electrons. The molecule has 0 saturated heterocycles. The van der Waals surface area contributed by atoms with E-state index in [9.17, 15) is 0 Å². The number of aliphatic hydroxyl groups is 1. The van der Waals surface area contributed by atoms with Crippen LogP contribution < -0.4 is 5.32 Å². The van der Waals surface area contributed by atoms with Crippen LogP contribution in [0, 0.1) is 0 Å². The predicted octanol–water partition coefficient (Wildman–Crippen LogP) is 0.941. The molecule has 1 rings (SSSR count). The molecular formula is C9H14ClN3O2. The molecule has 0 bridgehead atoms.